The van der Waals surface area contributed by atoms with E-state index in [4.69, 9.17) is 14.2 Å². The van der Waals surface area contributed by atoms with Crippen molar-refractivity contribution in [3.63, 3.8) is 0 Å². The number of carbonyl (C=O) groups is 1. The highest BCUT2D eigenvalue weighted by molar-refractivity contribution is 6.04. The second-order valence-electron chi connectivity index (χ2n) is 6.57. The monoisotopic (exact) mass is 390 g/mol. The zero-order valence-electron chi connectivity index (χ0n) is 16.1. The van der Waals surface area contributed by atoms with Crippen LogP contribution in [0.15, 0.2) is 66.7 Å². The summed E-state index contributed by atoms with van der Waals surface area (Å²) in [6.07, 6.45) is 0. The summed E-state index contributed by atoms with van der Waals surface area (Å²) in [5.41, 5.74) is 3.13. The summed E-state index contributed by atoms with van der Waals surface area (Å²) in [7, 11) is 1.62. The first-order valence-electron chi connectivity index (χ1n) is 9.40. The van der Waals surface area contributed by atoms with Crippen LogP contribution in [0.2, 0.25) is 0 Å². The minimum absolute atomic E-state index is 0.159. The molecule has 4 rings (SSSR count). The maximum atomic E-state index is 12.4. The molecule has 0 spiro atoms. The molecule has 1 heterocycles. The molecule has 0 saturated carbocycles. The summed E-state index contributed by atoms with van der Waals surface area (Å²) in [5.74, 6) is 2.06. The molecular formula is C23H22N2O4. The number of carbonyl (C=O) groups excluding carboxylic acids is 1. The molecule has 6 heteroatoms. The number of rotatable bonds is 6. The number of methoxy groups -OCH3 is 1. The molecule has 1 amide bonds. The second kappa shape index (κ2) is 8.56. The van der Waals surface area contributed by atoms with Crippen molar-refractivity contribution in [1.29, 1.82) is 0 Å². The van der Waals surface area contributed by atoms with E-state index in [0.717, 1.165) is 22.7 Å². The van der Waals surface area contributed by atoms with Crippen LogP contribution in [-0.4, -0.2) is 26.2 Å². The van der Waals surface area contributed by atoms with Gasteiger partial charge in [0.15, 0.2) is 11.5 Å². The average Bonchev–Trinajstić information content (AvgIpc) is 2.78. The van der Waals surface area contributed by atoms with Gasteiger partial charge in [-0.05, 0) is 48.0 Å². The Morgan fingerprint density at radius 2 is 1.76 bits per heavy atom. The number of anilines is 2. The molecule has 1 aliphatic heterocycles. The van der Waals surface area contributed by atoms with Gasteiger partial charge in [0.25, 0.3) is 5.91 Å². The lowest BCUT2D eigenvalue weighted by atomic mass is 10.1. The fourth-order valence-corrected chi connectivity index (χ4v) is 3.11. The van der Waals surface area contributed by atoms with Gasteiger partial charge in [-0.2, -0.15) is 0 Å². The molecule has 0 aliphatic carbocycles. The fourth-order valence-electron chi connectivity index (χ4n) is 3.11. The standard InChI is InChI=1S/C23H22N2O4/c1-27-20-10-8-18(25-23(26)17-5-3-2-4-6-17)14-19(20)24-15-16-7-9-21-22(13-16)29-12-11-28-21/h2-10,13-14,24H,11-12,15H2,1H3,(H,25,26). The molecule has 3 aromatic carbocycles. The SMILES string of the molecule is COc1ccc(NC(=O)c2ccccc2)cc1NCc1ccc2c(c1)OCCO2. The quantitative estimate of drug-likeness (QED) is 0.656. The lowest BCUT2D eigenvalue weighted by molar-refractivity contribution is 0.102. The van der Waals surface area contributed by atoms with E-state index in [9.17, 15) is 4.79 Å². The van der Waals surface area contributed by atoms with E-state index in [2.05, 4.69) is 10.6 Å². The highest BCUT2D eigenvalue weighted by Gasteiger charge is 2.13. The van der Waals surface area contributed by atoms with Crippen molar-refractivity contribution in [2.45, 2.75) is 6.54 Å². The molecule has 6 nitrogen and oxygen atoms in total. The molecule has 0 fully saturated rings. The van der Waals surface area contributed by atoms with Gasteiger partial charge in [-0.15, -0.1) is 0 Å². The van der Waals surface area contributed by atoms with Crippen molar-refractivity contribution in [3.8, 4) is 17.2 Å². The summed E-state index contributed by atoms with van der Waals surface area (Å²) >= 11 is 0. The number of ether oxygens (including phenoxy) is 3. The van der Waals surface area contributed by atoms with E-state index in [1.54, 1.807) is 19.2 Å². The molecule has 0 bridgehead atoms. The Hall–Kier alpha value is -3.67. The van der Waals surface area contributed by atoms with E-state index in [1.807, 2.05) is 54.6 Å². The summed E-state index contributed by atoms with van der Waals surface area (Å²) in [6, 6.07) is 20.5. The topological polar surface area (TPSA) is 68.8 Å². The molecule has 2 N–H and O–H groups in total. The van der Waals surface area contributed by atoms with Crippen molar-refractivity contribution in [2.24, 2.45) is 0 Å². The van der Waals surface area contributed by atoms with Crippen LogP contribution in [0.25, 0.3) is 0 Å². The molecule has 0 saturated heterocycles. The van der Waals surface area contributed by atoms with Crippen LogP contribution in [-0.2, 0) is 6.54 Å². The van der Waals surface area contributed by atoms with Gasteiger partial charge in [-0.3, -0.25) is 4.79 Å². The predicted octanol–water partition coefficient (Wildman–Crippen LogP) is 4.33. The van der Waals surface area contributed by atoms with Gasteiger partial charge in [-0.25, -0.2) is 0 Å². The lowest BCUT2D eigenvalue weighted by Crippen LogP contribution is -2.15. The Morgan fingerprint density at radius 1 is 0.966 bits per heavy atom. The number of amides is 1. The van der Waals surface area contributed by atoms with E-state index in [0.29, 0.717) is 36.8 Å². The van der Waals surface area contributed by atoms with Gasteiger partial charge in [0.2, 0.25) is 0 Å². The summed E-state index contributed by atoms with van der Waals surface area (Å²) in [4.78, 5) is 12.4. The third-order valence-corrected chi connectivity index (χ3v) is 4.58. The number of benzene rings is 3. The van der Waals surface area contributed by atoms with Gasteiger partial charge in [0, 0.05) is 17.8 Å². The van der Waals surface area contributed by atoms with E-state index in [-0.39, 0.29) is 5.91 Å². The normalized spacial score (nSPS) is 12.2. The Bertz CT molecular complexity index is 1010. The summed E-state index contributed by atoms with van der Waals surface area (Å²) in [5, 5.41) is 6.29. The molecular weight excluding hydrogens is 368 g/mol. The maximum absolute atomic E-state index is 12.4. The first-order valence-corrected chi connectivity index (χ1v) is 9.40. The Balaban J connectivity index is 1.48. The summed E-state index contributed by atoms with van der Waals surface area (Å²) in [6.45, 7) is 1.70. The Labute approximate surface area is 169 Å². The first-order chi connectivity index (χ1) is 14.2. The van der Waals surface area contributed by atoms with E-state index in [1.165, 1.54) is 0 Å². The molecule has 0 atom stereocenters. The zero-order valence-corrected chi connectivity index (χ0v) is 16.1. The third-order valence-electron chi connectivity index (χ3n) is 4.58. The van der Waals surface area contributed by atoms with Gasteiger partial charge in [-0.1, -0.05) is 24.3 Å². The van der Waals surface area contributed by atoms with E-state index >= 15 is 0 Å². The number of hydrogen-bond acceptors (Lipinski definition) is 5. The van der Waals surface area contributed by atoms with Gasteiger partial charge >= 0.3 is 0 Å². The molecule has 0 radical (unpaired) electrons. The highest BCUT2D eigenvalue weighted by Crippen LogP contribution is 2.32. The van der Waals surface area contributed by atoms with Crippen molar-refractivity contribution in [1.82, 2.24) is 0 Å². The van der Waals surface area contributed by atoms with Crippen LogP contribution in [0.1, 0.15) is 15.9 Å². The molecule has 1 aliphatic rings. The molecule has 29 heavy (non-hydrogen) atoms. The smallest absolute Gasteiger partial charge is 0.255 e. The van der Waals surface area contributed by atoms with Crippen molar-refractivity contribution < 1.29 is 19.0 Å². The number of hydrogen-bond donors (Lipinski definition) is 2. The van der Waals surface area contributed by atoms with Crippen LogP contribution in [0.4, 0.5) is 11.4 Å². The van der Waals surface area contributed by atoms with Crippen LogP contribution in [0.3, 0.4) is 0 Å². The van der Waals surface area contributed by atoms with Gasteiger partial charge < -0.3 is 24.8 Å². The minimum atomic E-state index is -0.159. The highest BCUT2D eigenvalue weighted by atomic mass is 16.6. The lowest BCUT2D eigenvalue weighted by Gasteiger charge is -2.19. The molecule has 0 unspecified atom stereocenters. The van der Waals surface area contributed by atoms with Crippen LogP contribution < -0.4 is 24.8 Å². The van der Waals surface area contributed by atoms with E-state index < -0.39 is 0 Å². The molecule has 3 aromatic rings. The first kappa shape index (κ1) is 18.7. The van der Waals surface area contributed by atoms with Gasteiger partial charge in [0.1, 0.15) is 19.0 Å². The molecule has 148 valence electrons. The largest absolute Gasteiger partial charge is 0.495 e. The zero-order chi connectivity index (χ0) is 20.1. The van der Waals surface area contributed by atoms with Crippen LogP contribution >= 0.6 is 0 Å². The summed E-state index contributed by atoms with van der Waals surface area (Å²) < 4.78 is 16.7. The second-order valence-corrected chi connectivity index (χ2v) is 6.57. The van der Waals surface area contributed by atoms with Crippen molar-refractivity contribution in [3.05, 3.63) is 77.9 Å². The maximum Gasteiger partial charge on any atom is 0.255 e. The minimum Gasteiger partial charge on any atom is -0.495 e. The van der Waals surface area contributed by atoms with Crippen LogP contribution in [0.5, 0.6) is 17.2 Å². The van der Waals surface area contributed by atoms with Crippen LogP contribution in [0, 0.1) is 0 Å². The fraction of sp³-hybridized carbons (Fsp3) is 0.174. The number of nitrogens with one attached hydrogen (secondary N) is 2. The van der Waals surface area contributed by atoms with Gasteiger partial charge in [0.05, 0.1) is 12.8 Å². The Morgan fingerprint density at radius 3 is 2.55 bits per heavy atom. The molecule has 0 aromatic heterocycles. The Kier molecular flexibility index (Phi) is 5.52. The average molecular weight is 390 g/mol. The van der Waals surface area contributed by atoms with Crippen molar-refractivity contribution >= 4 is 17.3 Å². The third kappa shape index (κ3) is 4.43. The van der Waals surface area contributed by atoms with Crippen molar-refractivity contribution in [2.75, 3.05) is 31.0 Å². The predicted molar refractivity (Wildman–Crippen MR) is 112 cm³/mol. The number of fused-ring (bicyclic) bond motifs is 1.